The quantitative estimate of drug-likeness (QED) is 0.397. The molecule has 0 saturated carbocycles. The van der Waals surface area contributed by atoms with Crippen molar-refractivity contribution in [1.29, 1.82) is 0 Å². The molecule has 1 heterocycles. The first kappa shape index (κ1) is 17.1. The lowest BCUT2D eigenvalue weighted by Crippen LogP contribution is -2.12. The van der Waals surface area contributed by atoms with Crippen LogP contribution in [-0.4, -0.2) is 34.3 Å². The predicted molar refractivity (Wildman–Crippen MR) is 94.8 cm³/mol. The van der Waals surface area contributed by atoms with Gasteiger partial charge >= 0.3 is 0 Å². The van der Waals surface area contributed by atoms with Crippen molar-refractivity contribution in [2.75, 3.05) is 25.3 Å². The summed E-state index contributed by atoms with van der Waals surface area (Å²) in [5.74, 6) is 8.38. The maximum Gasteiger partial charge on any atom is 0.210 e. The Labute approximate surface area is 148 Å². The van der Waals surface area contributed by atoms with E-state index in [1.165, 1.54) is 28.6 Å². The topological polar surface area (TPSA) is 75.2 Å². The molecule has 8 heteroatoms. The van der Waals surface area contributed by atoms with E-state index >= 15 is 0 Å². The molecular weight excluding hydrogens is 343 g/mol. The lowest BCUT2D eigenvalue weighted by atomic mass is 10.2. The van der Waals surface area contributed by atoms with E-state index in [4.69, 9.17) is 15.3 Å². The van der Waals surface area contributed by atoms with Crippen LogP contribution < -0.4 is 15.3 Å². The normalized spacial score (nSPS) is 10.6. The van der Waals surface area contributed by atoms with E-state index in [9.17, 15) is 4.39 Å². The van der Waals surface area contributed by atoms with E-state index in [1.807, 2.05) is 24.3 Å². The molecule has 2 N–H and O–H groups in total. The summed E-state index contributed by atoms with van der Waals surface area (Å²) < 4.78 is 25.0. The SMILES string of the molecule is COc1ccc(-c2nnc(SCCOc3ccc(F)cc3)n2N)cc1. The standard InChI is InChI=1S/C17H17FN4O2S/c1-23-14-6-2-12(3-7-14)16-20-21-17(22(16)19)25-11-10-24-15-8-4-13(18)5-9-15/h2-9H,10-11,19H2,1H3. The van der Waals surface area contributed by atoms with Crippen molar-refractivity contribution in [3.05, 3.63) is 54.3 Å². The first-order chi connectivity index (χ1) is 12.2. The van der Waals surface area contributed by atoms with Crippen LogP contribution in [0.25, 0.3) is 11.4 Å². The Morgan fingerprint density at radius 1 is 1.04 bits per heavy atom. The number of nitrogens with zero attached hydrogens (tertiary/aromatic N) is 3. The predicted octanol–water partition coefficient (Wildman–Crippen LogP) is 2.98. The molecule has 25 heavy (non-hydrogen) atoms. The van der Waals surface area contributed by atoms with Crippen LogP contribution in [0.5, 0.6) is 11.5 Å². The van der Waals surface area contributed by atoms with Crippen LogP contribution in [0.2, 0.25) is 0 Å². The summed E-state index contributed by atoms with van der Waals surface area (Å²) in [6, 6.07) is 13.3. The number of methoxy groups -OCH3 is 1. The number of nitrogens with two attached hydrogens (primary N) is 1. The second kappa shape index (κ2) is 7.89. The molecule has 0 spiro atoms. The van der Waals surface area contributed by atoms with Crippen molar-refractivity contribution in [3.63, 3.8) is 0 Å². The third-order valence-corrected chi connectivity index (χ3v) is 4.32. The molecule has 6 nitrogen and oxygen atoms in total. The summed E-state index contributed by atoms with van der Waals surface area (Å²) in [5, 5.41) is 8.83. The average molecular weight is 360 g/mol. The molecule has 3 aromatic rings. The summed E-state index contributed by atoms with van der Waals surface area (Å²) >= 11 is 1.43. The van der Waals surface area contributed by atoms with Gasteiger partial charge in [0.2, 0.25) is 5.16 Å². The van der Waals surface area contributed by atoms with Crippen molar-refractivity contribution in [2.45, 2.75) is 5.16 Å². The number of halogens is 1. The van der Waals surface area contributed by atoms with Gasteiger partial charge in [-0.05, 0) is 48.5 Å². The number of hydrogen-bond acceptors (Lipinski definition) is 6. The molecule has 2 aromatic carbocycles. The van der Waals surface area contributed by atoms with Crippen molar-refractivity contribution < 1.29 is 13.9 Å². The van der Waals surface area contributed by atoms with Crippen molar-refractivity contribution in [3.8, 4) is 22.9 Å². The molecule has 0 fully saturated rings. The maximum absolute atomic E-state index is 12.8. The van der Waals surface area contributed by atoms with Gasteiger partial charge < -0.3 is 15.3 Å². The number of aromatic nitrogens is 3. The van der Waals surface area contributed by atoms with E-state index in [0.29, 0.717) is 29.1 Å². The van der Waals surface area contributed by atoms with E-state index in [0.717, 1.165) is 11.3 Å². The second-order valence-electron chi connectivity index (χ2n) is 5.06. The smallest absolute Gasteiger partial charge is 0.210 e. The third-order valence-electron chi connectivity index (χ3n) is 3.41. The lowest BCUT2D eigenvalue weighted by Gasteiger charge is -2.06. The van der Waals surface area contributed by atoms with Gasteiger partial charge in [-0.1, -0.05) is 11.8 Å². The number of hydrogen-bond donors (Lipinski definition) is 1. The van der Waals surface area contributed by atoms with E-state index < -0.39 is 0 Å². The van der Waals surface area contributed by atoms with E-state index in [1.54, 1.807) is 19.2 Å². The zero-order valence-corrected chi connectivity index (χ0v) is 14.4. The highest BCUT2D eigenvalue weighted by Crippen LogP contribution is 2.23. The van der Waals surface area contributed by atoms with Gasteiger partial charge in [-0.25, -0.2) is 9.07 Å². The monoisotopic (exact) mass is 360 g/mol. The molecule has 0 bridgehead atoms. The van der Waals surface area contributed by atoms with Gasteiger partial charge in [0, 0.05) is 11.3 Å². The Balaban J connectivity index is 1.56. The first-order valence-electron chi connectivity index (χ1n) is 7.53. The molecule has 1 aromatic heterocycles. The Hall–Kier alpha value is -2.74. The largest absolute Gasteiger partial charge is 0.497 e. The fourth-order valence-corrected chi connectivity index (χ4v) is 2.81. The van der Waals surface area contributed by atoms with Crippen LogP contribution in [0, 0.1) is 5.82 Å². The second-order valence-corrected chi connectivity index (χ2v) is 6.12. The minimum Gasteiger partial charge on any atom is -0.497 e. The molecule has 0 amide bonds. The summed E-state index contributed by atoms with van der Waals surface area (Å²) in [5.41, 5.74) is 0.852. The Bertz CT molecular complexity index is 822. The average Bonchev–Trinajstić information content (AvgIpc) is 3.01. The maximum atomic E-state index is 12.8. The number of rotatable bonds is 7. The minimum absolute atomic E-state index is 0.288. The van der Waals surface area contributed by atoms with Crippen LogP contribution >= 0.6 is 11.8 Å². The molecule has 0 radical (unpaired) electrons. The van der Waals surface area contributed by atoms with Crippen molar-refractivity contribution in [2.24, 2.45) is 0 Å². The molecule has 0 unspecified atom stereocenters. The Morgan fingerprint density at radius 2 is 1.72 bits per heavy atom. The van der Waals surface area contributed by atoms with Crippen LogP contribution in [0.1, 0.15) is 0 Å². The molecule has 0 atom stereocenters. The van der Waals surface area contributed by atoms with Crippen molar-refractivity contribution in [1.82, 2.24) is 14.9 Å². The van der Waals surface area contributed by atoms with Gasteiger partial charge in [-0.15, -0.1) is 10.2 Å². The van der Waals surface area contributed by atoms with Crippen LogP contribution in [-0.2, 0) is 0 Å². The highest BCUT2D eigenvalue weighted by molar-refractivity contribution is 7.99. The molecule has 0 aliphatic carbocycles. The molecule has 0 saturated heterocycles. The fourth-order valence-electron chi connectivity index (χ4n) is 2.14. The highest BCUT2D eigenvalue weighted by atomic mass is 32.2. The lowest BCUT2D eigenvalue weighted by molar-refractivity contribution is 0.343. The fraction of sp³-hybridized carbons (Fsp3) is 0.176. The number of nitrogen functional groups attached to an aromatic ring is 1. The number of benzene rings is 2. The van der Waals surface area contributed by atoms with Gasteiger partial charge in [-0.2, -0.15) is 0 Å². The number of thioether (sulfide) groups is 1. The van der Waals surface area contributed by atoms with Crippen molar-refractivity contribution >= 4 is 11.8 Å². The van der Waals surface area contributed by atoms with Gasteiger partial charge in [0.1, 0.15) is 17.3 Å². The molecule has 130 valence electrons. The van der Waals surface area contributed by atoms with Gasteiger partial charge in [-0.3, -0.25) is 0 Å². The van der Waals surface area contributed by atoms with Gasteiger partial charge in [0.15, 0.2) is 5.82 Å². The number of ether oxygens (including phenoxy) is 2. The van der Waals surface area contributed by atoms with Gasteiger partial charge in [0.05, 0.1) is 13.7 Å². The molecule has 0 aliphatic rings. The first-order valence-corrected chi connectivity index (χ1v) is 8.52. The summed E-state index contributed by atoms with van der Waals surface area (Å²) in [6.07, 6.45) is 0. The summed E-state index contributed by atoms with van der Waals surface area (Å²) in [7, 11) is 1.61. The zero-order chi connectivity index (χ0) is 17.6. The van der Waals surface area contributed by atoms with E-state index in [-0.39, 0.29) is 5.82 Å². The van der Waals surface area contributed by atoms with Crippen LogP contribution in [0.15, 0.2) is 53.7 Å². The van der Waals surface area contributed by atoms with Gasteiger partial charge in [0.25, 0.3) is 0 Å². The third kappa shape index (κ3) is 4.21. The van der Waals surface area contributed by atoms with Crippen LogP contribution in [0.4, 0.5) is 4.39 Å². The zero-order valence-electron chi connectivity index (χ0n) is 13.6. The highest BCUT2D eigenvalue weighted by Gasteiger charge is 2.12. The Kier molecular flexibility index (Phi) is 5.39. The molecular formula is C17H17FN4O2S. The minimum atomic E-state index is -0.288. The summed E-state index contributed by atoms with van der Waals surface area (Å²) in [6.45, 7) is 0.445. The Morgan fingerprint density at radius 3 is 2.40 bits per heavy atom. The van der Waals surface area contributed by atoms with E-state index in [2.05, 4.69) is 10.2 Å². The molecule has 3 rings (SSSR count). The molecule has 0 aliphatic heterocycles. The van der Waals surface area contributed by atoms with Crippen LogP contribution in [0.3, 0.4) is 0 Å². The summed E-state index contributed by atoms with van der Waals surface area (Å²) in [4.78, 5) is 0.